The molecule has 0 bridgehead atoms. The minimum absolute atomic E-state index is 0.262. The van der Waals surface area contributed by atoms with Gasteiger partial charge >= 0.3 is 5.97 Å². The summed E-state index contributed by atoms with van der Waals surface area (Å²) in [6.45, 7) is 8.74. The lowest BCUT2D eigenvalue weighted by atomic mass is 10.1. The normalized spacial score (nSPS) is 21.9. The predicted octanol–water partition coefficient (Wildman–Crippen LogP) is 2.23. The largest absolute Gasteiger partial charge is 0.481 e. The Morgan fingerprint density at radius 2 is 2.38 bits per heavy atom. The Kier molecular flexibility index (Phi) is 5.91. The molecule has 1 rings (SSSR count). The van der Waals surface area contributed by atoms with Gasteiger partial charge in [-0.3, -0.25) is 4.79 Å². The number of nitrogens with zero attached hydrogens (tertiary/aromatic N) is 1. The molecule has 92 valence electrons. The van der Waals surface area contributed by atoms with Crippen molar-refractivity contribution in [1.29, 1.82) is 0 Å². The lowest BCUT2D eigenvalue weighted by Gasteiger charge is -2.32. The molecule has 0 aromatic heterocycles. The van der Waals surface area contributed by atoms with Crippen molar-refractivity contribution in [2.75, 3.05) is 25.4 Å². The number of hydrogen-bond acceptors (Lipinski definition) is 3. The highest BCUT2D eigenvalue weighted by molar-refractivity contribution is 8.00. The SMILES string of the molecule is C=C(C)CSC1CCCN(CCC(=O)O)C1. The van der Waals surface area contributed by atoms with E-state index in [2.05, 4.69) is 18.4 Å². The monoisotopic (exact) mass is 243 g/mol. The number of likely N-dealkylation sites (tertiary alicyclic amines) is 1. The van der Waals surface area contributed by atoms with Crippen LogP contribution in [0.25, 0.3) is 0 Å². The van der Waals surface area contributed by atoms with Crippen molar-refractivity contribution in [1.82, 2.24) is 4.90 Å². The van der Waals surface area contributed by atoms with E-state index in [9.17, 15) is 4.79 Å². The standard InChI is InChI=1S/C12H21NO2S/c1-10(2)9-16-11-4-3-6-13(8-11)7-5-12(14)15/h11H,1,3-9H2,2H3,(H,14,15). The molecular weight excluding hydrogens is 222 g/mol. The maximum absolute atomic E-state index is 10.5. The number of aliphatic carboxylic acids is 1. The Balaban J connectivity index is 2.24. The van der Waals surface area contributed by atoms with E-state index in [4.69, 9.17) is 5.11 Å². The molecule has 1 saturated heterocycles. The van der Waals surface area contributed by atoms with Gasteiger partial charge in [-0.1, -0.05) is 12.2 Å². The summed E-state index contributed by atoms with van der Waals surface area (Å²) >= 11 is 1.95. The van der Waals surface area contributed by atoms with E-state index in [1.807, 2.05) is 11.8 Å². The van der Waals surface area contributed by atoms with Crippen molar-refractivity contribution in [3.63, 3.8) is 0 Å². The first-order valence-electron chi connectivity index (χ1n) is 5.78. The number of rotatable bonds is 6. The molecule has 0 radical (unpaired) electrons. The average molecular weight is 243 g/mol. The molecule has 0 aliphatic carbocycles. The number of hydrogen-bond donors (Lipinski definition) is 1. The van der Waals surface area contributed by atoms with Crippen LogP contribution < -0.4 is 0 Å². The van der Waals surface area contributed by atoms with Crippen LogP contribution in [0.1, 0.15) is 26.2 Å². The molecule has 4 heteroatoms. The molecule has 1 atom stereocenters. The van der Waals surface area contributed by atoms with Crippen molar-refractivity contribution < 1.29 is 9.90 Å². The van der Waals surface area contributed by atoms with Crippen LogP contribution in [0.3, 0.4) is 0 Å². The second kappa shape index (κ2) is 6.97. The van der Waals surface area contributed by atoms with Crippen molar-refractivity contribution in [3.05, 3.63) is 12.2 Å². The number of thioether (sulfide) groups is 1. The Morgan fingerprint density at radius 3 is 3.00 bits per heavy atom. The summed E-state index contributed by atoms with van der Waals surface area (Å²) < 4.78 is 0. The van der Waals surface area contributed by atoms with Gasteiger partial charge < -0.3 is 10.0 Å². The molecule has 1 N–H and O–H groups in total. The molecule has 0 spiro atoms. The van der Waals surface area contributed by atoms with Crippen molar-refractivity contribution in [2.45, 2.75) is 31.4 Å². The zero-order valence-electron chi connectivity index (χ0n) is 9.95. The third-order valence-electron chi connectivity index (χ3n) is 2.67. The maximum Gasteiger partial charge on any atom is 0.304 e. The molecule has 1 fully saturated rings. The van der Waals surface area contributed by atoms with Gasteiger partial charge in [-0.25, -0.2) is 0 Å². The molecule has 1 unspecified atom stereocenters. The molecule has 0 aromatic rings. The van der Waals surface area contributed by atoms with Crippen LogP contribution in [-0.2, 0) is 4.79 Å². The van der Waals surface area contributed by atoms with Crippen LogP contribution in [0.2, 0.25) is 0 Å². The van der Waals surface area contributed by atoms with Crippen LogP contribution in [-0.4, -0.2) is 46.6 Å². The first-order valence-corrected chi connectivity index (χ1v) is 6.83. The van der Waals surface area contributed by atoms with Crippen molar-refractivity contribution in [2.24, 2.45) is 0 Å². The quantitative estimate of drug-likeness (QED) is 0.726. The van der Waals surface area contributed by atoms with Gasteiger partial charge in [0.25, 0.3) is 0 Å². The molecule has 1 aliphatic rings. The third-order valence-corrected chi connectivity index (χ3v) is 4.19. The summed E-state index contributed by atoms with van der Waals surface area (Å²) in [6.07, 6.45) is 2.70. The lowest BCUT2D eigenvalue weighted by Crippen LogP contribution is -2.38. The molecule has 16 heavy (non-hydrogen) atoms. The van der Waals surface area contributed by atoms with Gasteiger partial charge in [0.2, 0.25) is 0 Å². The topological polar surface area (TPSA) is 40.5 Å². The second-order valence-corrected chi connectivity index (χ2v) is 5.77. The number of carboxylic acids is 1. The van der Waals surface area contributed by atoms with Crippen molar-refractivity contribution >= 4 is 17.7 Å². The lowest BCUT2D eigenvalue weighted by molar-refractivity contribution is -0.137. The number of carbonyl (C=O) groups is 1. The Morgan fingerprint density at radius 1 is 1.62 bits per heavy atom. The van der Waals surface area contributed by atoms with E-state index in [1.165, 1.54) is 18.4 Å². The van der Waals surface area contributed by atoms with Crippen LogP contribution in [0.15, 0.2) is 12.2 Å². The molecule has 1 heterocycles. The van der Waals surface area contributed by atoms with Crippen LogP contribution >= 0.6 is 11.8 Å². The second-order valence-electron chi connectivity index (χ2n) is 4.48. The zero-order valence-corrected chi connectivity index (χ0v) is 10.8. The van der Waals surface area contributed by atoms with E-state index in [1.54, 1.807) is 0 Å². The van der Waals surface area contributed by atoms with Gasteiger partial charge in [-0.15, -0.1) is 0 Å². The van der Waals surface area contributed by atoms with Gasteiger partial charge in [0.05, 0.1) is 6.42 Å². The summed E-state index contributed by atoms with van der Waals surface area (Å²) in [7, 11) is 0. The summed E-state index contributed by atoms with van der Waals surface area (Å²) in [5.74, 6) is 0.328. The van der Waals surface area contributed by atoms with Crippen LogP contribution in [0.5, 0.6) is 0 Å². The predicted molar refractivity (Wildman–Crippen MR) is 69.0 cm³/mol. The summed E-state index contributed by atoms with van der Waals surface area (Å²) in [5.41, 5.74) is 1.22. The van der Waals surface area contributed by atoms with Crippen molar-refractivity contribution in [3.8, 4) is 0 Å². The summed E-state index contributed by atoms with van der Waals surface area (Å²) in [4.78, 5) is 12.8. The van der Waals surface area contributed by atoms with E-state index < -0.39 is 5.97 Å². The van der Waals surface area contributed by atoms with E-state index in [0.717, 1.165) is 18.8 Å². The maximum atomic E-state index is 10.5. The third kappa shape index (κ3) is 5.56. The first kappa shape index (κ1) is 13.6. The van der Waals surface area contributed by atoms with E-state index >= 15 is 0 Å². The van der Waals surface area contributed by atoms with Crippen LogP contribution in [0, 0.1) is 0 Å². The van der Waals surface area contributed by atoms with Gasteiger partial charge in [-0.2, -0.15) is 11.8 Å². The Bertz CT molecular complexity index is 231. The fourth-order valence-corrected chi connectivity index (χ4v) is 3.04. The van der Waals surface area contributed by atoms with Crippen LogP contribution in [0.4, 0.5) is 0 Å². The smallest absolute Gasteiger partial charge is 0.304 e. The molecule has 0 amide bonds. The highest BCUT2D eigenvalue weighted by atomic mass is 32.2. The van der Waals surface area contributed by atoms with Gasteiger partial charge in [0, 0.05) is 24.1 Å². The molecule has 0 saturated carbocycles. The number of piperidine rings is 1. The van der Waals surface area contributed by atoms with Gasteiger partial charge in [0.1, 0.15) is 0 Å². The molecular formula is C12H21NO2S. The molecule has 3 nitrogen and oxygen atoms in total. The average Bonchev–Trinajstić information content (AvgIpc) is 2.24. The summed E-state index contributed by atoms with van der Waals surface area (Å²) in [5, 5.41) is 9.29. The highest BCUT2D eigenvalue weighted by Gasteiger charge is 2.20. The van der Waals surface area contributed by atoms with Gasteiger partial charge in [-0.05, 0) is 26.3 Å². The Labute approximate surface area is 102 Å². The Hall–Kier alpha value is -0.480. The fraction of sp³-hybridized carbons (Fsp3) is 0.750. The highest BCUT2D eigenvalue weighted by Crippen LogP contribution is 2.23. The minimum atomic E-state index is -0.697. The summed E-state index contributed by atoms with van der Waals surface area (Å²) in [6, 6.07) is 0. The number of carboxylic acid groups (broad SMARTS) is 1. The first-order chi connectivity index (χ1) is 7.58. The van der Waals surface area contributed by atoms with E-state index in [-0.39, 0.29) is 6.42 Å². The zero-order chi connectivity index (χ0) is 12.0. The van der Waals surface area contributed by atoms with E-state index in [0.29, 0.717) is 11.8 Å². The van der Waals surface area contributed by atoms with Gasteiger partial charge in [0.15, 0.2) is 0 Å². The molecule has 0 aromatic carbocycles. The fourth-order valence-electron chi connectivity index (χ4n) is 1.87. The molecule has 1 aliphatic heterocycles. The minimum Gasteiger partial charge on any atom is -0.481 e.